The number of rotatable bonds is 4. The third kappa shape index (κ3) is 3.59. The molecule has 0 radical (unpaired) electrons. The summed E-state index contributed by atoms with van der Waals surface area (Å²) in [4.78, 5) is 18.8. The Morgan fingerprint density at radius 1 is 1.14 bits per heavy atom. The lowest BCUT2D eigenvalue weighted by Crippen LogP contribution is -2.40. The molecule has 1 fully saturated rings. The summed E-state index contributed by atoms with van der Waals surface area (Å²) in [5.41, 5.74) is 2.40. The standard InChI is InChI=1S/C20H19FN4O3/c1-27-19-7-6-16(13-22-19)25-18(14-2-4-15(21)5-3-14)12-17(23-25)20(26)24-8-10-28-11-9-24/h2-7,12-13H,8-11H2,1H3. The summed E-state index contributed by atoms with van der Waals surface area (Å²) < 4.78 is 25.4. The van der Waals surface area contributed by atoms with Crippen LogP contribution in [-0.4, -0.2) is 59.0 Å². The van der Waals surface area contributed by atoms with Crippen LogP contribution in [0.25, 0.3) is 16.9 Å². The fourth-order valence-corrected chi connectivity index (χ4v) is 3.06. The van der Waals surface area contributed by atoms with E-state index in [2.05, 4.69) is 10.1 Å². The van der Waals surface area contributed by atoms with Gasteiger partial charge in [-0.1, -0.05) is 0 Å². The van der Waals surface area contributed by atoms with E-state index in [4.69, 9.17) is 9.47 Å². The van der Waals surface area contributed by atoms with Gasteiger partial charge in [0.1, 0.15) is 5.82 Å². The lowest BCUT2D eigenvalue weighted by atomic mass is 10.1. The third-order valence-electron chi connectivity index (χ3n) is 4.54. The van der Waals surface area contributed by atoms with Crippen LogP contribution in [0.3, 0.4) is 0 Å². The van der Waals surface area contributed by atoms with E-state index in [1.807, 2.05) is 0 Å². The minimum Gasteiger partial charge on any atom is -0.481 e. The molecule has 8 heteroatoms. The molecule has 3 heterocycles. The van der Waals surface area contributed by atoms with Crippen LogP contribution >= 0.6 is 0 Å². The first-order valence-electron chi connectivity index (χ1n) is 8.89. The van der Waals surface area contributed by atoms with Gasteiger partial charge in [0.25, 0.3) is 5.91 Å². The van der Waals surface area contributed by atoms with Crippen molar-refractivity contribution in [3.05, 3.63) is 60.2 Å². The van der Waals surface area contributed by atoms with Crippen molar-refractivity contribution in [2.24, 2.45) is 0 Å². The molecule has 1 aliphatic heterocycles. The number of halogens is 1. The quantitative estimate of drug-likeness (QED) is 0.694. The maximum absolute atomic E-state index is 13.4. The predicted molar refractivity (Wildman–Crippen MR) is 100 cm³/mol. The van der Waals surface area contributed by atoms with Crippen molar-refractivity contribution < 1.29 is 18.7 Å². The molecule has 1 aliphatic rings. The molecule has 0 N–H and O–H groups in total. The topological polar surface area (TPSA) is 69.5 Å². The molecule has 7 nitrogen and oxygen atoms in total. The van der Waals surface area contributed by atoms with Gasteiger partial charge in [0, 0.05) is 24.7 Å². The Labute approximate surface area is 161 Å². The molecule has 0 unspecified atom stereocenters. The summed E-state index contributed by atoms with van der Waals surface area (Å²) in [7, 11) is 1.54. The number of nitrogens with zero attached hydrogens (tertiary/aromatic N) is 4. The van der Waals surface area contributed by atoms with E-state index < -0.39 is 0 Å². The summed E-state index contributed by atoms with van der Waals surface area (Å²) in [5, 5.41) is 4.52. The van der Waals surface area contributed by atoms with Crippen molar-refractivity contribution in [2.45, 2.75) is 0 Å². The van der Waals surface area contributed by atoms with Crippen LogP contribution in [0, 0.1) is 5.82 Å². The first-order chi connectivity index (χ1) is 13.7. The second-order valence-corrected chi connectivity index (χ2v) is 6.30. The maximum Gasteiger partial charge on any atom is 0.274 e. The lowest BCUT2D eigenvalue weighted by Gasteiger charge is -2.25. The van der Waals surface area contributed by atoms with Crippen molar-refractivity contribution in [2.75, 3.05) is 33.4 Å². The second kappa shape index (κ2) is 7.77. The van der Waals surface area contributed by atoms with Crippen LogP contribution in [0.2, 0.25) is 0 Å². The Hall–Kier alpha value is -3.26. The summed E-state index contributed by atoms with van der Waals surface area (Å²) in [6.45, 7) is 2.09. The van der Waals surface area contributed by atoms with E-state index >= 15 is 0 Å². The van der Waals surface area contributed by atoms with Crippen LogP contribution in [0.5, 0.6) is 5.88 Å². The van der Waals surface area contributed by atoms with E-state index in [9.17, 15) is 9.18 Å². The highest BCUT2D eigenvalue weighted by Gasteiger charge is 2.23. The molecule has 2 aromatic heterocycles. The molecule has 1 amide bonds. The molecule has 1 aromatic carbocycles. The zero-order valence-electron chi connectivity index (χ0n) is 15.3. The SMILES string of the molecule is COc1ccc(-n2nc(C(=O)N3CCOCC3)cc2-c2ccc(F)cc2)cn1. The van der Waals surface area contributed by atoms with E-state index in [1.165, 1.54) is 12.1 Å². The molecule has 0 bridgehead atoms. The predicted octanol–water partition coefficient (Wildman–Crippen LogP) is 2.55. The third-order valence-corrected chi connectivity index (χ3v) is 4.54. The van der Waals surface area contributed by atoms with E-state index in [-0.39, 0.29) is 11.7 Å². The summed E-state index contributed by atoms with van der Waals surface area (Å²) in [6.07, 6.45) is 1.61. The average Bonchev–Trinajstić information content (AvgIpc) is 3.20. The maximum atomic E-state index is 13.4. The van der Waals surface area contributed by atoms with Gasteiger partial charge in [-0.15, -0.1) is 0 Å². The van der Waals surface area contributed by atoms with Crippen molar-refractivity contribution in [3.63, 3.8) is 0 Å². The lowest BCUT2D eigenvalue weighted by molar-refractivity contribution is 0.0298. The number of methoxy groups -OCH3 is 1. The van der Waals surface area contributed by atoms with E-state index in [1.54, 1.807) is 53.2 Å². The fourth-order valence-electron chi connectivity index (χ4n) is 3.06. The number of carbonyl (C=O) groups excluding carboxylic acids is 1. The molecule has 4 rings (SSSR count). The number of hydrogen-bond donors (Lipinski definition) is 0. The van der Waals surface area contributed by atoms with E-state index in [0.717, 1.165) is 5.56 Å². The van der Waals surface area contributed by atoms with Gasteiger partial charge in [0.15, 0.2) is 5.69 Å². The first kappa shape index (κ1) is 18.1. The Morgan fingerprint density at radius 3 is 2.54 bits per heavy atom. The van der Waals surface area contributed by atoms with Gasteiger partial charge in [-0.2, -0.15) is 5.10 Å². The number of pyridine rings is 1. The Bertz CT molecular complexity index is 964. The summed E-state index contributed by atoms with van der Waals surface area (Å²) in [5.74, 6) is -0.0127. The average molecular weight is 382 g/mol. The van der Waals surface area contributed by atoms with Crippen molar-refractivity contribution in [1.29, 1.82) is 0 Å². The smallest absolute Gasteiger partial charge is 0.274 e. The van der Waals surface area contributed by atoms with Gasteiger partial charge in [-0.05, 0) is 36.4 Å². The van der Waals surface area contributed by atoms with Gasteiger partial charge < -0.3 is 14.4 Å². The number of morpholine rings is 1. The summed E-state index contributed by atoms with van der Waals surface area (Å²) >= 11 is 0. The number of carbonyl (C=O) groups is 1. The zero-order chi connectivity index (χ0) is 19.5. The van der Waals surface area contributed by atoms with Gasteiger partial charge in [0.05, 0.1) is 37.9 Å². The van der Waals surface area contributed by atoms with Crippen LogP contribution in [0.15, 0.2) is 48.7 Å². The van der Waals surface area contributed by atoms with Crippen molar-refractivity contribution in [1.82, 2.24) is 19.7 Å². The van der Waals surface area contributed by atoms with E-state index in [0.29, 0.717) is 49.3 Å². The Kier molecular flexibility index (Phi) is 5.03. The second-order valence-electron chi connectivity index (χ2n) is 6.30. The van der Waals surface area contributed by atoms with Gasteiger partial charge in [-0.3, -0.25) is 4.79 Å². The monoisotopic (exact) mass is 382 g/mol. The van der Waals surface area contributed by atoms with Crippen LogP contribution < -0.4 is 4.74 Å². The number of benzene rings is 1. The number of hydrogen-bond acceptors (Lipinski definition) is 5. The minimum atomic E-state index is -0.328. The number of amides is 1. The molecular formula is C20H19FN4O3. The molecule has 0 spiro atoms. The largest absolute Gasteiger partial charge is 0.481 e. The first-order valence-corrected chi connectivity index (χ1v) is 8.89. The van der Waals surface area contributed by atoms with Crippen LogP contribution in [-0.2, 0) is 4.74 Å². The molecule has 28 heavy (non-hydrogen) atoms. The molecule has 144 valence electrons. The highest BCUT2D eigenvalue weighted by atomic mass is 19.1. The molecule has 3 aromatic rings. The van der Waals surface area contributed by atoms with Gasteiger partial charge in [-0.25, -0.2) is 14.1 Å². The highest BCUT2D eigenvalue weighted by Crippen LogP contribution is 2.25. The van der Waals surface area contributed by atoms with Gasteiger partial charge in [0.2, 0.25) is 5.88 Å². The zero-order valence-corrected chi connectivity index (χ0v) is 15.3. The molecule has 0 saturated carbocycles. The van der Waals surface area contributed by atoms with Crippen LogP contribution in [0.4, 0.5) is 4.39 Å². The minimum absolute atomic E-state index is 0.160. The fraction of sp³-hybridized carbons (Fsp3) is 0.250. The molecule has 0 aliphatic carbocycles. The van der Waals surface area contributed by atoms with Gasteiger partial charge >= 0.3 is 0 Å². The van der Waals surface area contributed by atoms with Crippen LogP contribution in [0.1, 0.15) is 10.5 Å². The molecule has 1 saturated heterocycles. The number of aromatic nitrogens is 3. The van der Waals surface area contributed by atoms with Crippen molar-refractivity contribution >= 4 is 5.91 Å². The number of ether oxygens (including phenoxy) is 2. The highest BCUT2D eigenvalue weighted by molar-refractivity contribution is 5.93. The Morgan fingerprint density at radius 2 is 1.89 bits per heavy atom. The molecule has 0 atom stereocenters. The normalized spacial score (nSPS) is 14.1. The Balaban J connectivity index is 1.76. The van der Waals surface area contributed by atoms with Crippen molar-refractivity contribution in [3.8, 4) is 22.8 Å². The molecular weight excluding hydrogens is 363 g/mol. The summed E-state index contributed by atoms with van der Waals surface area (Å²) in [6, 6.07) is 11.3.